The van der Waals surface area contributed by atoms with E-state index in [1.54, 1.807) is 6.07 Å². The molecule has 0 atom stereocenters. The van der Waals surface area contributed by atoms with Crippen molar-refractivity contribution in [2.24, 2.45) is 0 Å². The summed E-state index contributed by atoms with van der Waals surface area (Å²) in [7, 11) is 1.26. The maximum atomic E-state index is 12.9. The molecule has 0 saturated heterocycles. The number of aromatic nitrogens is 1. The summed E-state index contributed by atoms with van der Waals surface area (Å²) in [5, 5.41) is 30.5. The molecule has 2 rings (SSSR count). The molecule has 0 spiro atoms. The van der Waals surface area contributed by atoms with E-state index in [9.17, 15) is 25.3 Å². The SMILES string of the molecule is CCCn1c(C)cc(C(=O)/C(C#N)=C/c2cc(OC)c(O)c([N+](=O)[O-])c2)c1C. The zero-order valence-electron chi connectivity index (χ0n) is 16.1. The van der Waals surface area contributed by atoms with E-state index in [1.165, 1.54) is 19.3 Å². The van der Waals surface area contributed by atoms with Gasteiger partial charge in [-0.1, -0.05) is 6.92 Å². The molecule has 2 aromatic rings. The number of allylic oxidation sites excluding steroid dienone is 1. The number of hydrogen-bond acceptors (Lipinski definition) is 6. The Hall–Kier alpha value is -3.60. The fourth-order valence-corrected chi connectivity index (χ4v) is 3.05. The molecule has 1 heterocycles. The van der Waals surface area contributed by atoms with Crippen molar-refractivity contribution in [3.8, 4) is 17.6 Å². The molecule has 0 fully saturated rings. The number of nitriles is 1. The van der Waals surface area contributed by atoms with Gasteiger partial charge in [-0.15, -0.1) is 0 Å². The van der Waals surface area contributed by atoms with Crippen LogP contribution in [0.15, 0.2) is 23.8 Å². The second-order valence-corrected chi connectivity index (χ2v) is 6.28. The van der Waals surface area contributed by atoms with Crippen LogP contribution in [0.1, 0.15) is 40.7 Å². The number of nitro groups is 1. The van der Waals surface area contributed by atoms with Crippen molar-refractivity contribution < 1.29 is 19.6 Å². The number of Topliss-reactive ketones (excluding diaryl/α,β-unsaturated/α-hetero) is 1. The predicted octanol–water partition coefficient (Wildman–Crippen LogP) is 3.93. The fourth-order valence-electron chi connectivity index (χ4n) is 3.05. The predicted molar refractivity (Wildman–Crippen MR) is 103 cm³/mol. The number of aromatic hydroxyl groups is 1. The number of aryl methyl sites for hydroxylation is 1. The van der Waals surface area contributed by atoms with Crippen LogP contribution in [-0.2, 0) is 6.54 Å². The molecule has 0 aliphatic carbocycles. The van der Waals surface area contributed by atoms with Gasteiger partial charge in [-0.05, 0) is 44.0 Å². The van der Waals surface area contributed by atoms with Crippen molar-refractivity contribution >= 4 is 17.5 Å². The van der Waals surface area contributed by atoms with Gasteiger partial charge in [0.05, 0.1) is 12.0 Å². The van der Waals surface area contributed by atoms with Crippen LogP contribution < -0.4 is 4.74 Å². The lowest BCUT2D eigenvalue weighted by Gasteiger charge is -2.08. The van der Waals surface area contributed by atoms with Crippen LogP contribution in [0.5, 0.6) is 11.5 Å². The van der Waals surface area contributed by atoms with Gasteiger partial charge in [0.1, 0.15) is 11.6 Å². The lowest BCUT2D eigenvalue weighted by atomic mass is 10.0. The molecule has 1 N–H and O–H groups in total. The molecule has 0 unspecified atom stereocenters. The highest BCUT2D eigenvalue weighted by molar-refractivity contribution is 6.14. The number of nitrogens with zero attached hydrogens (tertiary/aromatic N) is 3. The number of rotatable bonds is 7. The van der Waals surface area contributed by atoms with Crippen LogP contribution in [-0.4, -0.2) is 27.5 Å². The number of carbonyl (C=O) groups excluding carboxylic acids is 1. The Morgan fingerprint density at radius 3 is 2.61 bits per heavy atom. The molecule has 0 aliphatic rings. The zero-order chi connectivity index (χ0) is 21.0. The molecule has 0 bridgehead atoms. The molecule has 0 aliphatic heterocycles. The third-order valence-electron chi connectivity index (χ3n) is 4.44. The second-order valence-electron chi connectivity index (χ2n) is 6.28. The maximum absolute atomic E-state index is 12.9. The smallest absolute Gasteiger partial charge is 0.315 e. The van der Waals surface area contributed by atoms with E-state index in [-0.39, 0.29) is 16.9 Å². The second kappa shape index (κ2) is 8.39. The van der Waals surface area contributed by atoms with Crippen LogP contribution in [0.2, 0.25) is 0 Å². The minimum atomic E-state index is -0.762. The van der Waals surface area contributed by atoms with Gasteiger partial charge in [-0.3, -0.25) is 14.9 Å². The molecule has 8 heteroatoms. The number of hydrogen-bond donors (Lipinski definition) is 1. The minimum Gasteiger partial charge on any atom is -0.500 e. The molecule has 1 aromatic carbocycles. The van der Waals surface area contributed by atoms with Crippen molar-refractivity contribution in [1.29, 1.82) is 5.26 Å². The maximum Gasteiger partial charge on any atom is 0.315 e. The molecule has 28 heavy (non-hydrogen) atoms. The molecule has 146 valence electrons. The van der Waals surface area contributed by atoms with Crippen molar-refractivity contribution in [1.82, 2.24) is 4.57 Å². The Morgan fingerprint density at radius 1 is 1.39 bits per heavy atom. The summed E-state index contributed by atoms with van der Waals surface area (Å²) in [4.78, 5) is 23.3. The first-order valence-corrected chi connectivity index (χ1v) is 8.63. The average molecular weight is 383 g/mol. The number of phenols is 1. The normalized spacial score (nSPS) is 11.2. The van der Waals surface area contributed by atoms with Gasteiger partial charge >= 0.3 is 5.69 Å². The Balaban J connectivity index is 2.54. The molecule has 0 amide bonds. The summed E-state index contributed by atoms with van der Waals surface area (Å²) >= 11 is 0. The van der Waals surface area contributed by atoms with Gasteiger partial charge in [0, 0.05) is 29.6 Å². The van der Waals surface area contributed by atoms with Gasteiger partial charge in [0.15, 0.2) is 5.75 Å². The Bertz CT molecular complexity index is 1010. The first-order chi connectivity index (χ1) is 13.2. The highest BCUT2D eigenvalue weighted by Gasteiger charge is 2.22. The number of methoxy groups -OCH3 is 1. The van der Waals surface area contributed by atoms with Gasteiger partial charge < -0.3 is 14.4 Å². The Morgan fingerprint density at radius 2 is 2.07 bits per heavy atom. The molecular weight excluding hydrogens is 362 g/mol. The summed E-state index contributed by atoms with van der Waals surface area (Å²) in [6, 6.07) is 6.01. The fraction of sp³-hybridized carbons (Fsp3) is 0.300. The van der Waals surface area contributed by atoms with Crippen molar-refractivity contribution in [2.75, 3.05) is 7.11 Å². The number of benzene rings is 1. The number of phenolic OH excluding ortho intramolecular Hbond substituents is 1. The van der Waals surface area contributed by atoms with E-state index in [2.05, 4.69) is 0 Å². The van der Waals surface area contributed by atoms with Crippen molar-refractivity contribution in [3.63, 3.8) is 0 Å². The van der Waals surface area contributed by atoms with Crippen LogP contribution in [0, 0.1) is 35.3 Å². The van der Waals surface area contributed by atoms with E-state index in [0.29, 0.717) is 5.56 Å². The monoisotopic (exact) mass is 383 g/mol. The quantitative estimate of drug-likeness (QED) is 0.254. The van der Waals surface area contributed by atoms with E-state index in [1.807, 2.05) is 31.4 Å². The third-order valence-corrected chi connectivity index (χ3v) is 4.44. The van der Waals surface area contributed by atoms with Gasteiger partial charge in [0.25, 0.3) is 0 Å². The van der Waals surface area contributed by atoms with Gasteiger partial charge in [-0.2, -0.15) is 5.26 Å². The highest BCUT2D eigenvalue weighted by Crippen LogP contribution is 2.37. The van der Waals surface area contributed by atoms with Crippen LogP contribution in [0.4, 0.5) is 5.69 Å². The summed E-state index contributed by atoms with van der Waals surface area (Å²) in [5.74, 6) is -1.20. The van der Waals surface area contributed by atoms with E-state index < -0.39 is 22.1 Å². The average Bonchev–Trinajstić information content (AvgIpc) is 2.94. The third kappa shape index (κ3) is 3.88. The number of ketones is 1. The highest BCUT2D eigenvalue weighted by atomic mass is 16.6. The van der Waals surface area contributed by atoms with E-state index in [0.717, 1.165) is 30.4 Å². The van der Waals surface area contributed by atoms with Crippen molar-refractivity contribution in [3.05, 3.63) is 56.4 Å². The largest absolute Gasteiger partial charge is 0.500 e. The topological polar surface area (TPSA) is 118 Å². The standard InChI is InChI=1S/C20H21N3O5/c1-5-6-22-12(2)7-16(13(22)3)19(24)15(11-21)8-14-9-17(23(26)27)20(25)18(10-14)28-4/h7-10,25H,5-6H2,1-4H3/b15-8+. The lowest BCUT2D eigenvalue weighted by molar-refractivity contribution is -0.386. The molecule has 0 radical (unpaired) electrons. The zero-order valence-corrected chi connectivity index (χ0v) is 16.1. The Labute approximate surface area is 162 Å². The summed E-state index contributed by atoms with van der Waals surface area (Å²) in [6.07, 6.45) is 2.16. The summed E-state index contributed by atoms with van der Waals surface area (Å²) in [6.45, 7) is 6.51. The molecule has 8 nitrogen and oxygen atoms in total. The van der Waals surface area contributed by atoms with Crippen LogP contribution in [0.3, 0.4) is 0 Å². The summed E-state index contributed by atoms with van der Waals surface area (Å²) < 4.78 is 6.96. The van der Waals surface area contributed by atoms with Crippen LogP contribution in [0.25, 0.3) is 6.08 Å². The molecule has 1 aromatic heterocycles. The summed E-state index contributed by atoms with van der Waals surface area (Å²) in [5.41, 5.74) is 1.56. The van der Waals surface area contributed by atoms with Crippen LogP contribution >= 0.6 is 0 Å². The van der Waals surface area contributed by atoms with Gasteiger partial charge in [-0.25, -0.2) is 0 Å². The van der Waals surface area contributed by atoms with Gasteiger partial charge in [0.2, 0.25) is 11.5 Å². The van der Waals surface area contributed by atoms with Crippen molar-refractivity contribution in [2.45, 2.75) is 33.7 Å². The molecular formula is C20H21N3O5. The van der Waals surface area contributed by atoms with E-state index in [4.69, 9.17) is 4.74 Å². The Kier molecular flexibility index (Phi) is 6.21. The number of ether oxygens (including phenoxy) is 1. The first kappa shape index (κ1) is 20.7. The first-order valence-electron chi connectivity index (χ1n) is 8.63. The minimum absolute atomic E-state index is 0.119. The number of carbonyl (C=O) groups is 1. The van der Waals surface area contributed by atoms with E-state index >= 15 is 0 Å². The molecule has 0 saturated carbocycles. The lowest BCUT2D eigenvalue weighted by Crippen LogP contribution is -2.06. The number of nitro benzene ring substituents is 1.